The van der Waals surface area contributed by atoms with Gasteiger partial charge in [-0.3, -0.25) is 4.79 Å². The summed E-state index contributed by atoms with van der Waals surface area (Å²) in [4.78, 5) is 13.9. The predicted molar refractivity (Wildman–Crippen MR) is 79.8 cm³/mol. The lowest BCUT2D eigenvalue weighted by molar-refractivity contribution is -0.137. The maximum Gasteiger partial charge on any atom is 0.246 e. The Morgan fingerprint density at radius 3 is 2.42 bits per heavy atom. The molecule has 0 N–H and O–H groups in total. The minimum absolute atomic E-state index is 0.0462. The van der Waals surface area contributed by atoms with Crippen LogP contribution < -0.4 is 0 Å². The Kier molecular flexibility index (Phi) is 4.77. The van der Waals surface area contributed by atoms with Crippen LogP contribution in [0.25, 0.3) is 6.08 Å². The number of carbonyl (C=O) groups excluding carboxylic acids is 1. The molecule has 102 valence electrons. The fourth-order valence-electron chi connectivity index (χ4n) is 2.20. The highest BCUT2D eigenvalue weighted by molar-refractivity contribution is 9.10. The first-order valence-electron chi connectivity index (χ1n) is 6.42. The van der Waals surface area contributed by atoms with Crippen molar-refractivity contribution < 1.29 is 9.53 Å². The van der Waals surface area contributed by atoms with Gasteiger partial charge in [-0.15, -0.1) is 0 Å². The molecule has 0 aromatic heterocycles. The monoisotopic (exact) mass is 323 g/mol. The summed E-state index contributed by atoms with van der Waals surface area (Å²) >= 11 is 3.39. The molecule has 1 fully saturated rings. The van der Waals surface area contributed by atoms with Gasteiger partial charge in [0.25, 0.3) is 0 Å². The van der Waals surface area contributed by atoms with Crippen LogP contribution >= 0.6 is 15.9 Å². The predicted octanol–water partition coefficient (Wildman–Crippen LogP) is 3.10. The second-order valence-electron chi connectivity index (χ2n) is 4.89. The Morgan fingerprint density at radius 1 is 1.26 bits per heavy atom. The first-order valence-corrected chi connectivity index (χ1v) is 7.22. The quantitative estimate of drug-likeness (QED) is 0.783. The van der Waals surface area contributed by atoms with Crippen LogP contribution in [0.5, 0.6) is 0 Å². The average Bonchev–Trinajstić information content (AvgIpc) is 2.36. The first kappa shape index (κ1) is 14.3. The van der Waals surface area contributed by atoms with Gasteiger partial charge in [-0.05, 0) is 37.6 Å². The summed E-state index contributed by atoms with van der Waals surface area (Å²) in [7, 11) is 0. The van der Waals surface area contributed by atoms with E-state index < -0.39 is 0 Å². The topological polar surface area (TPSA) is 29.5 Å². The molecule has 4 heteroatoms. The molecule has 0 saturated carbocycles. The highest BCUT2D eigenvalue weighted by atomic mass is 79.9. The van der Waals surface area contributed by atoms with E-state index in [9.17, 15) is 4.79 Å². The summed E-state index contributed by atoms with van der Waals surface area (Å²) < 4.78 is 6.65. The highest BCUT2D eigenvalue weighted by Crippen LogP contribution is 2.13. The molecule has 0 aliphatic carbocycles. The van der Waals surface area contributed by atoms with E-state index in [4.69, 9.17) is 4.74 Å². The highest BCUT2D eigenvalue weighted by Gasteiger charge is 2.24. The van der Waals surface area contributed by atoms with Gasteiger partial charge < -0.3 is 9.64 Å². The van der Waals surface area contributed by atoms with Crippen molar-refractivity contribution in [2.45, 2.75) is 26.1 Å². The summed E-state index contributed by atoms with van der Waals surface area (Å²) in [6, 6.07) is 7.86. The fourth-order valence-corrected chi connectivity index (χ4v) is 2.47. The molecule has 2 rings (SSSR count). The van der Waals surface area contributed by atoms with E-state index in [1.807, 2.05) is 49.1 Å². The molecule has 3 nitrogen and oxygen atoms in total. The smallest absolute Gasteiger partial charge is 0.246 e. The SMILES string of the molecule is CC1CN(C(=O)/C=C/c2ccc(Br)cc2)CC(C)O1. The average molecular weight is 324 g/mol. The molecular formula is C15H18BrNO2. The molecule has 1 amide bonds. The molecule has 1 aliphatic heterocycles. The fraction of sp³-hybridized carbons (Fsp3) is 0.400. The molecular weight excluding hydrogens is 306 g/mol. The van der Waals surface area contributed by atoms with E-state index in [0.717, 1.165) is 10.0 Å². The minimum Gasteiger partial charge on any atom is -0.372 e. The summed E-state index contributed by atoms with van der Waals surface area (Å²) in [5.41, 5.74) is 1.02. The van der Waals surface area contributed by atoms with Crippen molar-refractivity contribution in [3.63, 3.8) is 0 Å². The van der Waals surface area contributed by atoms with Crippen molar-refractivity contribution in [2.24, 2.45) is 0 Å². The molecule has 1 saturated heterocycles. The van der Waals surface area contributed by atoms with Crippen LogP contribution in [0.4, 0.5) is 0 Å². The van der Waals surface area contributed by atoms with Gasteiger partial charge >= 0.3 is 0 Å². The second-order valence-corrected chi connectivity index (χ2v) is 5.80. The summed E-state index contributed by atoms with van der Waals surface area (Å²) in [6.07, 6.45) is 3.69. The summed E-state index contributed by atoms with van der Waals surface area (Å²) in [6.45, 7) is 5.31. The molecule has 1 heterocycles. The maximum absolute atomic E-state index is 12.1. The van der Waals surface area contributed by atoms with Gasteiger partial charge in [0, 0.05) is 23.6 Å². The number of ether oxygens (including phenoxy) is 1. The molecule has 0 radical (unpaired) electrons. The van der Waals surface area contributed by atoms with Gasteiger partial charge in [0.1, 0.15) is 0 Å². The van der Waals surface area contributed by atoms with Crippen molar-refractivity contribution in [2.75, 3.05) is 13.1 Å². The van der Waals surface area contributed by atoms with E-state index in [1.54, 1.807) is 6.08 Å². The van der Waals surface area contributed by atoms with Crippen molar-refractivity contribution in [1.29, 1.82) is 0 Å². The van der Waals surface area contributed by atoms with E-state index in [0.29, 0.717) is 13.1 Å². The third kappa shape index (κ3) is 4.18. The van der Waals surface area contributed by atoms with Crippen LogP contribution in [0.3, 0.4) is 0 Å². The molecule has 0 bridgehead atoms. The van der Waals surface area contributed by atoms with Gasteiger partial charge in [0.2, 0.25) is 5.91 Å². The van der Waals surface area contributed by atoms with Crippen molar-refractivity contribution in [3.8, 4) is 0 Å². The van der Waals surface area contributed by atoms with Crippen molar-refractivity contribution >= 4 is 27.9 Å². The number of benzene rings is 1. The number of nitrogens with zero attached hydrogens (tertiary/aromatic N) is 1. The van der Waals surface area contributed by atoms with Gasteiger partial charge in [0.05, 0.1) is 12.2 Å². The normalized spacial score (nSPS) is 23.8. The molecule has 2 atom stereocenters. The Balaban J connectivity index is 1.98. The third-order valence-corrected chi connectivity index (χ3v) is 3.55. The lowest BCUT2D eigenvalue weighted by Crippen LogP contribution is -2.47. The molecule has 19 heavy (non-hydrogen) atoms. The summed E-state index contributed by atoms with van der Waals surface area (Å²) in [5.74, 6) is 0.0462. The van der Waals surface area contributed by atoms with Gasteiger partial charge in [-0.25, -0.2) is 0 Å². The molecule has 1 aliphatic rings. The Hall–Kier alpha value is -1.13. The number of halogens is 1. The van der Waals surface area contributed by atoms with Crippen LogP contribution in [0.1, 0.15) is 19.4 Å². The number of carbonyl (C=O) groups is 1. The van der Waals surface area contributed by atoms with Crippen LogP contribution in [0, 0.1) is 0 Å². The van der Waals surface area contributed by atoms with Gasteiger partial charge in [-0.1, -0.05) is 28.1 Å². The van der Waals surface area contributed by atoms with E-state index in [-0.39, 0.29) is 18.1 Å². The van der Waals surface area contributed by atoms with E-state index in [1.165, 1.54) is 0 Å². The lowest BCUT2D eigenvalue weighted by atomic mass is 10.2. The summed E-state index contributed by atoms with van der Waals surface area (Å²) in [5, 5.41) is 0. The van der Waals surface area contributed by atoms with Crippen LogP contribution in [0.15, 0.2) is 34.8 Å². The Labute approximate surface area is 122 Å². The standard InChI is InChI=1S/C15H18BrNO2/c1-11-9-17(10-12(2)19-11)15(18)8-5-13-3-6-14(16)7-4-13/h3-8,11-12H,9-10H2,1-2H3/b8-5+. The Bertz CT molecular complexity index is 460. The van der Waals surface area contributed by atoms with Gasteiger partial charge in [0.15, 0.2) is 0 Å². The van der Waals surface area contributed by atoms with Gasteiger partial charge in [-0.2, -0.15) is 0 Å². The van der Waals surface area contributed by atoms with E-state index in [2.05, 4.69) is 15.9 Å². The number of amides is 1. The number of rotatable bonds is 2. The minimum atomic E-state index is 0.0462. The lowest BCUT2D eigenvalue weighted by Gasteiger charge is -2.34. The zero-order chi connectivity index (χ0) is 13.8. The van der Waals surface area contributed by atoms with Crippen molar-refractivity contribution in [1.82, 2.24) is 4.90 Å². The number of hydrogen-bond donors (Lipinski definition) is 0. The number of morpholine rings is 1. The molecule has 1 aromatic carbocycles. The molecule has 2 unspecified atom stereocenters. The molecule has 1 aromatic rings. The first-order chi connectivity index (χ1) is 9.04. The third-order valence-electron chi connectivity index (χ3n) is 3.02. The largest absolute Gasteiger partial charge is 0.372 e. The zero-order valence-electron chi connectivity index (χ0n) is 11.2. The van der Waals surface area contributed by atoms with E-state index >= 15 is 0 Å². The maximum atomic E-state index is 12.1. The zero-order valence-corrected chi connectivity index (χ0v) is 12.8. The van der Waals surface area contributed by atoms with Crippen LogP contribution in [0.2, 0.25) is 0 Å². The van der Waals surface area contributed by atoms with Crippen molar-refractivity contribution in [3.05, 3.63) is 40.4 Å². The van der Waals surface area contributed by atoms with Crippen LogP contribution in [-0.4, -0.2) is 36.1 Å². The Morgan fingerprint density at radius 2 is 1.84 bits per heavy atom. The molecule has 0 spiro atoms. The van der Waals surface area contributed by atoms with Crippen LogP contribution in [-0.2, 0) is 9.53 Å². The second kappa shape index (κ2) is 6.35. The number of hydrogen-bond acceptors (Lipinski definition) is 2.